The zero-order valence-electron chi connectivity index (χ0n) is 14.7. The minimum Gasteiger partial charge on any atom is -0.349 e. The molecule has 0 spiro atoms. The van der Waals surface area contributed by atoms with Crippen LogP contribution in [-0.4, -0.2) is 39.1 Å². The highest BCUT2D eigenvalue weighted by Crippen LogP contribution is 2.18. The predicted molar refractivity (Wildman–Crippen MR) is 90.1 cm³/mol. The second-order valence-corrected chi connectivity index (χ2v) is 7.20. The average Bonchev–Trinajstić information content (AvgIpc) is 2.25. The van der Waals surface area contributed by atoms with Gasteiger partial charge in [-0.1, -0.05) is 0 Å². The van der Waals surface area contributed by atoms with Crippen LogP contribution < -0.4 is 15.5 Å². The van der Waals surface area contributed by atoms with Gasteiger partial charge in [-0.05, 0) is 55.4 Å². The van der Waals surface area contributed by atoms with E-state index < -0.39 is 0 Å². The van der Waals surface area contributed by atoms with E-state index in [1.54, 1.807) is 0 Å². The van der Waals surface area contributed by atoms with Crippen LogP contribution in [0.1, 0.15) is 55.4 Å². The van der Waals surface area contributed by atoms with E-state index in [0.717, 1.165) is 13.1 Å². The van der Waals surface area contributed by atoms with Gasteiger partial charge in [0, 0.05) is 24.2 Å². The lowest BCUT2D eigenvalue weighted by atomic mass is 10.1. The molecule has 6 nitrogen and oxygen atoms in total. The molecule has 0 bridgehead atoms. The molecule has 0 aromatic carbocycles. The maximum absolute atomic E-state index is 4.54. The van der Waals surface area contributed by atoms with Crippen LogP contribution in [0.5, 0.6) is 0 Å². The third-order valence-electron chi connectivity index (χ3n) is 2.64. The van der Waals surface area contributed by atoms with Crippen LogP contribution in [0.3, 0.4) is 0 Å². The van der Waals surface area contributed by atoms with Gasteiger partial charge in [-0.2, -0.15) is 15.0 Å². The van der Waals surface area contributed by atoms with Crippen molar-refractivity contribution in [1.29, 1.82) is 0 Å². The standard InChI is InChI=1S/C15H30N6/c1-9-21(10-2)13-17-11(19-14(3,4)5)16-12(18-13)20-15(6,7)8/h9-10H2,1-8H3,(H2,16,17,18,19,20). The number of rotatable bonds is 5. The van der Waals surface area contributed by atoms with Gasteiger partial charge >= 0.3 is 0 Å². The molecule has 120 valence electrons. The third-order valence-corrected chi connectivity index (χ3v) is 2.64. The zero-order chi connectivity index (χ0) is 16.3. The van der Waals surface area contributed by atoms with Crippen molar-refractivity contribution in [3.8, 4) is 0 Å². The van der Waals surface area contributed by atoms with E-state index in [9.17, 15) is 0 Å². The van der Waals surface area contributed by atoms with Crippen LogP contribution in [-0.2, 0) is 0 Å². The molecule has 1 aromatic rings. The first-order valence-corrected chi connectivity index (χ1v) is 7.61. The number of nitrogens with zero attached hydrogens (tertiary/aromatic N) is 4. The first-order chi connectivity index (χ1) is 9.54. The molecule has 0 unspecified atom stereocenters. The summed E-state index contributed by atoms with van der Waals surface area (Å²) in [4.78, 5) is 15.7. The molecule has 6 heteroatoms. The lowest BCUT2D eigenvalue weighted by molar-refractivity contribution is 0.615. The highest BCUT2D eigenvalue weighted by atomic mass is 15.3. The van der Waals surface area contributed by atoms with E-state index in [-0.39, 0.29) is 11.1 Å². The van der Waals surface area contributed by atoms with Gasteiger partial charge in [0.25, 0.3) is 0 Å². The van der Waals surface area contributed by atoms with Gasteiger partial charge in [-0.3, -0.25) is 0 Å². The Balaban J connectivity index is 3.19. The summed E-state index contributed by atoms with van der Waals surface area (Å²) in [5, 5.41) is 6.64. The Morgan fingerprint density at radius 1 is 0.762 bits per heavy atom. The van der Waals surface area contributed by atoms with Crippen molar-refractivity contribution < 1.29 is 0 Å². The number of hydrogen-bond acceptors (Lipinski definition) is 6. The largest absolute Gasteiger partial charge is 0.349 e. The van der Waals surface area contributed by atoms with Gasteiger partial charge in [0.05, 0.1) is 0 Å². The summed E-state index contributed by atoms with van der Waals surface area (Å²) >= 11 is 0. The van der Waals surface area contributed by atoms with Gasteiger partial charge in [0.1, 0.15) is 0 Å². The lowest BCUT2D eigenvalue weighted by Gasteiger charge is -2.25. The molecule has 1 aromatic heterocycles. The Labute approximate surface area is 128 Å². The summed E-state index contributed by atoms with van der Waals surface area (Å²) in [6.07, 6.45) is 0. The molecule has 0 aliphatic carbocycles. The quantitative estimate of drug-likeness (QED) is 0.869. The fourth-order valence-corrected chi connectivity index (χ4v) is 1.80. The minimum absolute atomic E-state index is 0.0963. The van der Waals surface area contributed by atoms with Crippen LogP contribution in [0, 0.1) is 0 Å². The van der Waals surface area contributed by atoms with E-state index in [4.69, 9.17) is 0 Å². The molecule has 0 amide bonds. The maximum atomic E-state index is 4.54. The summed E-state index contributed by atoms with van der Waals surface area (Å²) < 4.78 is 0. The first kappa shape index (κ1) is 17.5. The number of anilines is 3. The van der Waals surface area contributed by atoms with Crippen LogP contribution in [0.4, 0.5) is 17.8 Å². The van der Waals surface area contributed by atoms with Crippen molar-refractivity contribution in [2.45, 2.75) is 66.5 Å². The molecule has 0 fully saturated rings. The van der Waals surface area contributed by atoms with Crippen LogP contribution >= 0.6 is 0 Å². The monoisotopic (exact) mass is 294 g/mol. The van der Waals surface area contributed by atoms with E-state index in [1.165, 1.54) is 0 Å². The van der Waals surface area contributed by atoms with Gasteiger partial charge in [0.15, 0.2) is 0 Å². The molecule has 1 rings (SSSR count). The van der Waals surface area contributed by atoms with Crippen molar-refractivity contribution in [1.82, 2.24) is 15.0 Å². The van der Waals surface area contributed by atoms with E-state index in [1.807, 2.05) is 0 Å². The van der Waals surface area contributed by atoms with Gasteiger partial charge in [-0.25, -0.2) is 0 Å². The summed E-state index contributed by atoms with van der Waals surface area (Å²) in [6.45, 7) is 18.5. The van der Waals surface area contributed by atoms with Gasteiger partial charge in [-0.15, -0.1) is 0 Å². The maximum Gasteiger partial charge on any atom is 0.231 e. The van der Waals surface area contributed by atoms with Crippen molar-refractivity contribution >= 4 is 17.8 Å². The van der Waals surface area contributed by atoms with Crippen molar-refractivity contribution in [2.24, 2.45) is 0 Å². The van der Waals surface area contributed by atoms with Gasteiger partial charge in [0.2, 0.25) is 17.8 Å². The highest BCUT2D eigenvalue weighted by Gasteiger charge is 2.18. The molecule has 0 saturated carbocycles. The zero-order valence-corrected chi connectivity index (χ0v) is 14.7. The smallest absolute Gasteiger partial charge is 0.231 e. The number of nitrogens with one attached hydrogen (secondary N) is 2. The Morgan fingerprint density at radius 2 is 1.14 bits per heavy atom. The van der Waals surface area contributed by atoms with Gasteiger partial charge < -0.3 is 15.5 Å². The molecule has 21 heavy (non-hydrogen) atoms. The van der Waals surface area contributed by atoms with E-state index in [2.05, 4.69) is 85.9 Å². The molecule has 1 heterocycles. The normalized spacial score (nSPS) is 12.2. The average molecular weight is 294 g/mol. The molecule has 0 radical (unpaired) electrons. The summed E-state index contributed by atoms with van der Waals surface area (Å²) in [6, 6.07) is 0. The predicted octanol–water partition coefficient (Wildman–Crippen LogP) is 3.14. The second-order valence-electron chi connectivity index (χ2n) is 7.20. The summed E-state index contributed by atoms with van der Waals surface area (Å²) in [5.74, 6) is 1.91. The number of aromatic nitrogens is 3. The van der Waals surface area contributed by atoms with Crippen molar-refractivity contribution in [2.75, 3.05) is 28.6 Å². The topological polar surface area (TPSA) is 66.0 Å². The summed E-state index contributed by atoms with van der Waals surface area (Å²) in [7, 11) is 0. The lowest BCUT2D eigenvalue weighted by Crippen LogP contribution is -2.32. The molecule has 0 aliphatic rings. The highest BCUT2D eigenvalue weighted by molar-refractivity contribution is 5.45. The fourth-order valence-electron chi connectivity index (χ4n) is 1.80. The minimum atomic E-state index is -0.0963. The van der Waals surface area contributed by atoms with Crippen LogP contribution in [0.15, 0.2) is 0 Å². The van der Waals surface area contributed by atoms with Crippen molar-refractivity contribution in [3.63, 3.8) is 0 Å². The molecular weight excluding hydrogens is 264 g/mol. The Hall–Kier alpha value is -1.59. The Kier molecular flexibility index (Phi) is 5.36. The van der Waals surface area contributed by atoms with E-state index in [0.29, 0.717) is 17.8 Å². The molecule has 0 aliphatic heterocycles. The molecule has 2 N–H and O–H groups in total. The Bertz CT molecular complexity index is 420. The van der Waals surface area contributed by atoms with E-state index >= 15 is 0 Å². The Morgan fingerprint density at radius 3 is 1.43 bits per heavy atom. The van der Waals surface area contributed by atoms with Crippen LogP contribution in [0.2, 0.25) is 0 Å². The summed E-state index contributed by atoms with van der Waals surface area (Å²) in [5.41, 5.74) is -0.193. The molecule has 0 atom stereocenters. The fraction of sp³-hybridized carbons (Fsp3) is 0.800. The second kappa shape index (κ2) is 6.45. The van der Waals surface area contributed by atoms with Crippen molar-refractivity contribution in [3.05, 3.63) is 0 Å². The first-order valence-electron chi connectivity index (χ1n) is 7.61. The molecular formula is C15H30N6. The van der Waals surface area contributed by atoms with Crippen LogP contribution in [0.25, 0.3) is 0 Å². The molecule has 0 saturated heterocycles. The number of hydrogen-bond donors (Lipinski definition) is 2. The third kappa shape index (κ3) is 6.14. The SMILES string of the molecule is CCN(CC)c1nc(NC(C)(C)C)nc(NC(C)(C)C)n1.